The van der Waals surface area contributed by atoms with Gasteiger partial charge in [0.05, 0.1) is 25.2 Å². The van der Waals surface area contributed by atoms with Gasteiger partial charge in [0.15, 0.2) is 0 Å². The Morgan fingerprint density at radius 1 is 0.508 bits per heavy atom. The molecule has 10 heteroatoms. The lowest BCUT2D eigenvalue weighted by Crippen LogP contribution is -2.46. The number of unbranched alkanes of at least 4 members (excludes halogenated alkanes) is 4. The first-order valence-corrected chi connectivity index (χ1v) is 24.4. The van der Waals surface area contributed by atoms with Crippen molar-refractivity contribution in [1.29, 1.82) is 0 Å². The van der Waals surface area contributed by atoms with Crippen molar-refractivity contribution in [1.82, 2.24) is 0 Å². The van der Waals surface area contributed by atoms with Crippen molar-refractivity contribution in [2.45, 2.75) is 215 Å². The highest BCUT2D eigenvalue weighted by Gasteiger charge is 2.49. The van der Waals surface area contributed by atoms with Gasteiger partial charge in [0.1, 0.15) is 11.9 Å². The first kappa shape index (κ1) is 54.0. The Hall–Kier alpha value is -1.18. The predicted molar refractivity (Wildman–Crippen MR) is 250 cm³/mol. The molecule has 8 nitrogen and oxygen atoms in total. The number of aliphatic hydroxyl groups is 1. The predicted octanol–water partition coefficient (Wildman–Crippen LogP) is 13.1. The van der Waals surface area contributed by atoms with Crippen LogP contribution in [0.1, 0.15) is 221 Å². The van der Waals surface area contributed by atoms with Crippen LogP contribution in [-0.2, 0) is 41.5 Å². The summed E-state index contributed by atoms with van der Waals surface area (Å²) in [7, 11) is -5.71. The molecule has 0 fully saturated rings. The Bertz CT molecular complexity index is 1540. The van der Waals surface area contributed by atoms with Gasteiger partial charge in [-0.05, 0) is 67.6 Å². The van der Waals surface area contributed by atoms with Gasteiger partial charge >= 0.3 is 17.2 Å². The second kappa shape index (κ2) is 21.0. The lowest BCUT2D eigenvalue weighted by atomic mass is 9.66. The van der Waals surface area contributed by atoms with E-state index in [1.165, 1.54) is 17.5 Å². The Labute approximate surface area is 363 Å². The second-order valence-electron chi connectivity index (χ2n) is 22.6. The van der Waals surface area contributed by atoms with Crippen LogP contribution in [0.3, 0.4) is 0 Å². The second-order valence-corrected chi connectivity index (χ2v) is 24.2. The van der Waals surface area contributed by atoms with Crippen LogP contribution in [0.25, 0.3) is 0 Å². The number of hydrogen-bond donors (Lipinski definition) is 5. The van der Waals surface area contributed by atoms with Gasteiger partial charge in [-0.3, -0.25) is 0 Å². The largest absolute Gasteiger partial charge is 0.484 e. The molecule has 0 aliphatic rings. The smallest absolute Gasteiger partial charge is 0.327 e. The van der Waals surface area contributed by atoms with E-state index in [0.29, 0.717) is 5.75 Å². The first-order chi connectivity index (χ1) is 26.8. The van der Waals surface area contributed by atoms with Crippen LogP contribution < -0.4 is 4.74 Å². The summed E-state index contributed by atoms with van der Waals surface area (Å²) in [6.45, 7) is 38.7. The molecular formula is C49H86O8P2. The minimum absolute atomic E-state index is 0.110. The zero-order chi connectivity index (χ0) is 45.6. The third-order valence-electron chi connectivity index (χ3n) is 12.2. The molecule has 59 heavy (non-hydrogen) atoms. The van der Waals surface area contributed by atoms with E-state index >= 15 is 0 Å². The molecule has 0 aromatic heterocycles. The van der Waals surface area contributed by atoms with E-state index in [-0.39, 0.29) is 21.7 Å². The zero-order valence-corrected chi connectivity index (χ0v) is 42.3. The number of ether oxygens (including phenoxy) is 1. The standard InChI is InChI=1S/C49H86O8P2/c1-19-21-23-25-47(15,16)34-27-36(43(3,4)5)40(37(28-34)44(6,7)8)42(49(31-50,32-55-58(51)52)33-56-59(53)54)57-41-38(45(9,10)11)29-35(30-39(41)46(12,13)14)48(17,18)26-24-22-20-2/h27-30,42,50-54H,19-26,31-33H2,1-18H3. The van der Waals surface area contributed by atoms with Gasteiger partial charge in [-0.1, -0.05) is 187 Å². The quantitative estimate of drug-likeness (QED) is 0.0620. The minimum atomic E-state index is -2.85. The first-order valence-electron chi connectivity index (χ1n) is 22.1. The van der Waals surface area contributed by atoms with Crippen molar-refractivity contribution in [3.05, 3.63) is 63.2 Å². The van der Waals surface area contributed by atoms with E-state index in [1.807, 2.05) is 0 Å². The summed E-state index contributed by atoms with van der Waals surface area (Å²) < 4.78 is 19.1. The molecule has 0 saturated heterocycles. The lowest BCUT2D eigenvalue weighted by molar-refractivity contribution is -0.0674. The molecule has 2 rings (SSSR count). The van der Waals surface area contributed by atoms with Gasteiger partial charge < -0.3 is 38.5 Å². The lowest BCUT2D eigenvalue weighted by Gasteiger charge is -2.45. The fraction of sp³-hybridized carbons (Fsp3) is 0.755. The molecule has 0 saturated carbocycles. The molecule has 2 aromatic carbocycles. The summed E-state index contributed by atoms with van der Waals surface area (Å²) >= 11 is 0. The molecule has 2 aromatic rings. The summed E-state index contributed by atoms with van der Waals surface area (Å²) in [6.07, 6.45) is 7.91. The normalized spacial score (nSPS) is 14.5. The average Bonchev–Trinajstić information content (AvgIpc) is 3.08. The topological polar surface area (TPSA) is 129 Å². The summed E-state index contributed by atoms with van der Waals surface area (Å²) in [5.41, 5.74) is 3.98. The van der Waals surface area contributed by atoms with E-state index in [2.05, 4.69) is 149 Å². The summed E-state index contributed by atoms with van der Waals surface area (Å²) in [5.74, 6) is 0.690. The van der Waals surface area contributed by atoms with Crippen LogP contribution in [0.5, 0.6) is 5.75 Å². The highest BCUT2D eigenvalue weighted by Crippen LogP contribution is 2.53. The van der Waals surface area contributed by atoms with Crippen molar-refractivity contribution >= 4 is 17.2 Å². The monoisotopic (exact) mass is 865 g/mol. The molecule has 0 aliphatic heterocycles. The Balaban J connectivity index is 3.41. The maximum Gasteiger partial charge on any atom is 0.327 e. The number of benzene rings is 2. The average molecular weight is 865 g/mol. The molecule has 1 atom stereocenters. The van der Waals surface area contributed by atoms with E-state index in [1.54, 1.807) is 0 Å². The molecule has 0 aliphatic carbocycles. The van der Waals surface area contributed by atoms with Crippen LogP contribution in [0, 0.1) is 5.41 Å². The van der Waals surface area contributed by atoms with E-state index in [0.717, 1.165) is 72.8 Å². The van der Waals surface area contributed by atoms with Crippen LogP contribution >= 0.6 is 17.2 Å². The summed E-state index contributed by atoms with van der Waals surface area (Å²) in [5, 5.41) is 11.8. The number of hydrogen-bond acceptors (Lipinski definition) is 8. The highest BCUT2D eigenvalue weighted by atomic mass is 31.2. The fourth-order valence-electron chi connectivity index (χ4n) is 8.10. The van der Waals surface area contributed by atoms with Gasteiger partial charge in [0.2, 0.25) is 0 Å². The van der Waals surface area contributed by atoms with Gasteiger partial charge in [0.25, 0.3) is 0 Å². The molecule has 0 spiro atoms. The van der Waals surface area contributed by atoms with Crippen LogP contribution in [0.15, 0.2) is 24.3 Å². The molecule has 0 amide bonds. The third kappa shape index (κ3) is 14.7. The Morgan fingerprint density at radius 2 is 0.831 bits per heavy atom. The fourth-order valence-corrected chi connectivity index (χ4v) is 8.84. The van der Waals surface area contributed by atoms with Gasteiger partial charge in [0, 0.05) is 16.7 Å². The van der Waals surface area contributed by atoms with E-state index in [4.69, 9.17) is 13.8 Å². The van der Waals surface area contributed by atoms with Crippen molar-refractivity contribution in [3.8, 4) is 5.75 Å². The molecular weight excluding hydrogens is 778 g/mol. The Morgan fingerprint density at radius 3 is 1.10 bits per heavy atom. The van der Waals surface area contributed by atoms with Gasteiger partial charge in [-0.2, -0.15) is 0 Å². The SMILES string of the molecule is CCCCCC(C)(C)c1cc(C(C)(C)C)c(OC(c2c(C(C)(C)C)cc(C(C)(C)CCCCC)cc2C(C)(C)C)C(CO)(COP(O)O)COP(O)O)c(C(C)(C)C)c1. The van der Waals surface area contributed by atoms with E-state index < -0.39 is 59.4 Å². The van der Waals surface area contributed by atoms with Crippen molar-refractivity contribution in [3.63, 3.8) is 0 Å². The summed E-state index contributed by atoms with van der Waals surface area (Å²) in [4.78, 5) is 41.0. The molecule has 0 heterocycles. The van der Waals surface area contributed by atoms with Crippen molar-refractivity contribution < 1.29 is 38.5 Å². The molecule has 0 radical (unpaired) electrons. The number of rotatable bonds is 21. The van der Waals surface area contributed by atoms with Crippen LogP contribution in [-0.4, -0.2) is 44.5 Å². The Kier molecular flexibility index (Phi) is 19.2. The minimum Gasteiger partial charge on any atom is -0.484 e. The maximum atomic E-state index is 11.8. The van der Waals surface area contributed by atoms with E-state index in [9.17, 15) is 24.7 Å². The molecule has 5 N–H and O–H groups in total. The maximum absolute atomic E-state index is 11.8. The van der Waals surface area contributed by atoms with Gasteiger partial charge in [-0.25, -0.2) is 0 Å². The molecule has 340 valence electrons. The molecule has 1 unspecified atom stereocenters. The molecule has 0 bridgehead atoms. The van der Waals surface area contributed by atoms with Crippen LogP contribution in [0.2, 0.25) is 0 Å². The summed E-state index contributed by atoms with van der Waals surface area (Å²) in [6, 6.07) is 9.23. The van der Waals surface area contributed by atoms with Crippen molar-refractivity contribution in [2.75, 3.05) is 19.8 Å². The van der Waals surface area contributed by atoms with Gasteiger partial charge in [-0.15, -0.1) is 0 Å². The third-order valence-corrected chi connectivity index (χ3v) is 12.9. The zero-order valence-electron chi connectivity index (χ0n) is 40.5. The highest BCUT2D eigenvalue weighted by molar-refractivity contribution is 7.39. The van der Waals surface area contributed by atoms with Crippen molar-refractivity contribution in [2.24, 2.45) is 5.41 Å². The number of aliphatic hydroxyl groups excluding tert-OH is 1. The van der Waals surface area contributed by atoms with Crippen LogP contribution in [0.4, 0.5) is 0 Å².